The molecule has 156 valence electrons. The highest BCUT2D eigenvalue weighted by atomic mass is 35.5. The highest BCUT2D eigenvalue weighted by Crippen LogP contribution is 2.16. The van der Waals surface area contributed by atoms with Gasteiger partial charge in [-0.2, -0.15) is 0 Å². The Kier molecular flexibility index (Phi) is 18.2. The first-order valence-electron chi connectivity index (χ1n) is 10.5. The summed E-state index contributed by atoms with van der Waals surface area (Å²) in [5, 5.41) is -1.49. The quantitative estimate of drug-likeness (QED) is 0.0968. The summed E-state index contributed by atoms with van der Waals surface area (Å²) < 4.78 is 0. The first-order valence-corrected chi connectivity index (χ1v) is 11.3. The highest BCUT2D eigenvalue weighted by molar-refractivity contribution is 6.67. The van der Waals surface area contributed by atoms with Gasteiger partial charge in [-0.15, -0.1) is 0 Å². The lowest BCUT2D eigenvalue weighted by Crippen LogP contribution is -2.22. The number of Topliss-reactive ketones (excluding diaryl/α,β-unsaturated/α-hetero) is 1. The Balaban J connectivity index is 3.53. The van der Waals surface area contributed by atoms with Gasteiger partial charge in [0.15, 0.2) is 0 Å². The Morgan fingerprint density at radius 1 is 0.741 bits per heavy atom. The van der Waals surface area contributed by atoms with Crippen molar-refractivity contribution < 1.29 is 14.4 Å². The highest BCUT2D eigenvalue weighted by Gasteiger charge is 2.26. The largest absolute Gasteiger partial charge is 0.299 e. The zero-order chi connectivity index (χ0) is 20.3. The van der Waals surface area contributed by atoms with Crippen molar-refractivity contribution in [3.8, 4) is 0 Å². The molecule has 1 atom stereocenters. The van der Waals surface area contributed by atoms with Gasteiger partial charge >= 0.3 is 0 Å². The van der Waals surface area contributed by atoms with Crippen molar-refractivity contribution in [2.24, 2.45) is 5.92 Å². The maximum Gasteiger partial charge on any atom is 0.232 e. The van der Waals surface area contributed by atoms with Crippen molar-refractivity contribution in [2.45, 2.75) is 103 Å². The molecule has 0 aliphatic rings. The summed E-state index contributed by atoms with van der Waals surface area (Å²) in [7, 11) is 0. The van der Waals surface area contributed by atoms with E-state index in [0.717, 1.165) is 32.1 Å². The number of hydrogen-bond donors (Lipinski definition) is 0. The van der Waals surface area contributed by atoms with Crippen molar-refractivity contribution in [2.75, 3.05) is 0 Å². The van der Waals surface area contributed by atoms with Crippen LogP contribution in [-0.2, 0) is 14.4 Å². The second-order valence-electron chi connectivity index (χ2n) is 7.22. The van der Waals surface area contributed by atoms with Crippen LogP contribution in [0.2, 0.25) is 0 Å². The molecule has 0 amide bonds. The van der Waals surface area contributed by atoms with Crippen molar-refractivity contribution in [1.82, 2.24) is 0 Å². The third-order valence-corrected chi connectivity index (χ3v) is 5.13. The first-order chi connectivity index (χ1) is 13.0. The minimum absolute atomic E-state index is 0.276. The number of ketones is 1. The second-order valence-corrected chi connectivity index (χ2v) is 8.01. The fourth-order valence-corrected chi connectivity index (χ4v) is 3.38. The molecule has 0 aliphatic heterocycles. The molecular weight excluding hydrogens is 383 g/mol. The maximum atomic E-state index is 11.9. The summed E-state index contributed by atoms with van der Waals surface area (Å²) in [6.07, 6.45) is 20.0. The van der Waals surface area contributed by atoms with Crippen LogP contribution in [0.3, 0.4) is 0 Å². The summed E-state index contributed by atoms with van der Waals surface area (Å²) in [5.74, 6) is -1.35. The van der Waals surface area contributed by atoms with Gasteiger partial charge in [0.1, 0.15) is 5.78 Å². The minimum atomic E-state index is -1.08. The number of hydrogen-bond acceptors (Lipinski definition) is 3. The van der Waals surface area contributed by atoms with Gasteiger partial charge < -0.3 is 0 Å². The van der Waals surface area contributed by atoms with Gasteiger partial charge in [-0.3, -0.25) is 14.4 Å². The van der Waals surface area contributed by atoms with E-state index in [1.807, 2.05) is 0 Å². The fourth-order valence-electron chi connectivity index (χ4n) is 3.03. The molecule has 0 radical (unpaired) electrons. The van der Waals surface area contributed by atoms with Gasteiger partial charge in [0.25, 0.3) is 0 Å². The van der Waals surface area contributed by atoms with E-state index < -0.39 is 16.4 Å². The lowest BCUT2D eigenvalue weighted by Gasteiger charge is -2.08. The molecule has 0 saturated heterocycles. The first kappa shape index (κ1) is 26.3. The Bertz CT molecular complexity index is 447. The molecule has 0 aromatic heterocycles. The zero-order valence-corrected chi connectivity index (χ0v) is 18.3. The number of carbonyl (C=O) groups is 3. The van der Waals surface area contributed by atoms with Gasteiger partial charge in [-0.05, 0) is 55.3 Å². The molecule has 0 fully saturated rings. The van der Waals surface area contributed by atoms with Crippen molar-refractivity contribution in [3.05, 3.63) is 12.2 Å². The van der Waals surface area contributed by atoms with Gasteiger partial charge in [0.2, 0.25) is 10.5 Å². The predicted octanol–water partition coefficient (Wildman–Crippen LogP) is 7.13. The molecule has 5 heteroatoms. The number of rotatable bonds is 19. The van der Waals surface area contributed by atoms with E-state index in [2.05, 4.69) is 19.1 Å². The topological polar surface area (TPSA) is 51.2 Å². The van der Waals surface area contributed by atoms with E-state index >= 15 is 0 Å². The monoisotopic (exact) mass is 418 g/mol. The van der Waals surface area contributed by atoms with E-state index in [0.29, 0.717) is 0 Å². The van der Waals surface area contributed by atoms with Gasteiger partial charge in [-0.25, -0.2) is 0 Å². The molecular formula is C22H36Cl2O3. The van der Waals surface area contributed by atoms with E-state index in [1.54, 1.807) is 0 Å². The molecule has 0 aliphatic carbocycles. The molecule has 0 aromatic rings. The SMILES string of the molecule is CCCCCCCCC=CCCCCCCCC(=O)C(CC(=O)Cl)C(=O)Cl. The van der Waals surface area contributed by atoms with Gasteiger partial charge in [0, 0.05) is 12.8 Å². The lowest BCUT2D eigenvalue weighted by atomic mass is 9.97. The average molecular weight is 419 g/mol. The van der Waals surface area contributed by atoms with E-state index in [1.165, 1.54) is 51.4 Å². The summed E-state index contributed by atoms with van der Waals surface area (Å²) in [4.78, 5) is 34.0. The minimum Gasteiger partial charge on any atom is -0.299 e. The Morgan fingerprint density at radius 2 is 1.22 bits per heavy atom. The van der Waals surface area contributed by atoms with E-state index in [4.69, 9.17) is 23.2 Å². The number of allylic oxidation sites excluding steroid dienone is 2. The molecule has 0 aromatic carbocycles. The summed E-state index contributed by atoms with van der Waals surface area (Å²) in [5.41, 5.74) is 0. The number of carbonyl (C=O) groups excluding carboxylic acids is 3. The van der Waals surface area contributed by atoms with Crippen LogP contribution in [0.4, 0.5) is 0 Å². The van der Waals surface area contributed by atoms with Crippen molar-refractivity contribution in [1.29, 1.82) is 0 Å². The molecule has 0 heterocycles. The van der Waals surface area contributed by atoms with Crippen molar-refractivity contribution >= 4 is 39.5 Å². The Labute approximate surface area is 175 Å². The molecule has 0 saturated carbocycles. The third kappa shape index (κ3) is 17.2. The number of unbranched alkanes of at least 4 members (excludes halogenated alkanes) is 11. The molecule has 0 N–H and O–H groups in total. The lowest BCUT2D eigenvalue weighted by molar-refractivity contribution is -0.131. The van der Waals surface area contributed by atoms with Crippen LogP contribution in [0, 0.1) is 5.92 Å². The molecule has 0 bridgehead atoms. The van der Waals surface area contributed by atoms with Gasteiger partial charge in [-0.1, -0.05) is 70.4 Å². The van der Waals surface area contributed by atoms with E-state index in [-0.39, 0.29) is 18.6 Å². The van der Waals surface area contributed by atoms with Crippen LogP contribution < -0.4 is 0 Å². The molecule has 0 spiro atoms. The standard InChI is InChI=1S/C22H36Cl2O3/c1-2-3-4-5-6-7-8-9-10-11-12-13-14-15-16-17-20(25)19(22(24)27)18-21(23)26/h9-10,19H,2-8,11-18H2,1H3. The van der Waals surface area contributed by atoms with Crippen LogP contribution in [0.5, 0.6) is 0 Å². The van der Waals surface area contributed by atoms with Crippen LogP contribution in [-0.4, -0.2) is 16.3 Å². The van der Waals surface area contributed by atoms with Crippen LogP contribution >= 0.6 is 23.2 Å². The Morgan fingerprint density at radius 3 is 1.70 bits per heavy atom. The van der Waals surface area contributed by atoms with E-state index in [9.17, 15) is 14.4 Å². The van der Waals surface area contributed by atoms with Gasteiger partial charge in [0.05, 0.1) is 5.92 Å². The smallest absolute Gasteiger partial charge is 0.232 e. The Hall–Kier alpha value is -0.670. The molecule has 1 unspecified atom stereocenters. The molecule has 3 nitrogen and oxygen atoms in total. The van der Waals surface area contributed by atoms with Crippen LogP contribution in [0.15, 0.2) is 12.2 Å². The average Bonchev–Trinajstić information content (AvgIpc) is 2.62. The zero-order valence-electron chi connectivity index (χ0n) is 16.8. The maximum absolute atomic E-state index is 11.9. The summed E-state index contributed by atoms with van der Waals surface area (Å²) in [6.45, 7) is 2.24. The molecule has 27 heavy (non-hydrogen) atoms. The van der Waals surface area contributed by atoms with Crippen LogP contribution in [0.25, 0.3) is 0 Å². The fraction of sp³-hybridized carbons (Fsp3) is 0.773. The predicted molar refractivity (Wildman–Crippen MR) is 114 cm³/mol. The second kappa shape index (κ2) is 18.7. The normalized spacial score (nSPS) is 12.4. The van der Waals surface area contributed by atoms with Crippen molar-refractivity contribution in [3.63, 3.8) is 0 Å². The number of halogens is 2. The summed E-state index contributed by atoms with van der Waals surface area (Å²) >= 11 is 10.6. The molecule has 0 rings (SSSR count). The summed E-state index contributed by atoms with van der Waals surface area (Å²) in [6, 6.07) is 0. The third-order valence-electron chi connectivity index (χ3n) is 4.71. The van der Waals surface area contributed by atoms with Crippen LogP contribution in [0.1, 0.15) is 103 Å².